The lowest BCUT2D eigenvalue weighted by Crippen LogP contribution is -2.16. The fraction of sp³-hybridized carbons (Fsp3) is 0.417. The summed E-state index contributed by atoms with van der Waals surface area (Å²) in [6, 6.07) is 7.62. The molecule has 15 heavy (non-hydrogen) atoms. The minimum atomic E-state index is -0.186. The maximum atomic E-state index is 11.5. The molecule has 3 nitrogen and oxygen atoms in total. The molecule has 0 aromatic heterocycles. The molecule has 80 valence electrons. The van der Waals surface area contributed by atoms with Crippen LogP contribution in [-0.4, -0.2) is 31.5 Å². The number of fused-ring (bicyclic) bond motifs is 1. The van der Waals surface area contributed by atoms with Crippen LogP contribution in [0.1, 0.15) is 28.4 Å². The van der Waals surface area contributed by atoms with Gasteiger partial charge < -0.3 is 9.64 Å². The van der Waals surface area contributed by atoms with E-state index in [9.17, 15) is 4.79 Å². The van der Waals surface area contributed by atoms with Crippen LogP contribution >= 0.6 is 0 Å². The standard InChI is InChI=1S/C12H15NO2/c1-13(2)8-7-11-9-5-3-4-6-10(9)12(14)15-11/h3-6,11H,7-8H2,1-2H3. The Balaban J connectivity index is 2.14. The molecule has 1 aliphatic rings. The van der Waals surface area contributed by atoms with Crippen LogP contribution < -0.4 is 0 Å². The highest BCUT2D eigenvalue weighted by atomic mass is 16.5. The Morgan fingerprint density at radius 2 is 2.07 bits per heavy atom. The molecule has 1 heterocycles. The third kappa shape index (κ3) is 2.02. The summed E-state index contributed by atoms with van der Waals surface area (Å²) in [7, 11) is 4.03. The Kier molecular flexibility index (Phi) is 2.73. The van der Waals surface area contributed by atoms with Crippen molar-refractivity contribution in [2.45, 2.75) is 12.5 Å². The summed E-state index contributed by atoms with van der Waals surface area (Å²) in [4.78, 5) is 13.6. The number of rotatable bonds is 3. The Labute approximate surface area is 89.7 Å². The number of ether oxygens (including phenoxy) is 1. The number of benzene rings is 1. The minimum absolute atomic E-state index is 0.0592. The third-order valence-electron chi connectivity index (χ3n) is 2.62. The zero-order valence-corrected chi connectivity index (χ0v) is 9.06. The summed E-state index contributed by atoms with van der Waals surface area (Å²) in [5.74, 6) is -0.186. The predicted molar refractivity (Wildman–Crippen MR) is 57.8 cm³/mol. The first-order valence-electron chi connectivity index (χ1n) is 5.13. The number of esters is 1. The zero-order valence-electron chi connectivity index (χ0n) is 9.06. The topological polar surface area (TPSA) is 29.5 Å². The van der Waals surface area contributed by atoms with Gasteiger partial charge in [0.1, 0.15) is 6.10 Å². The monoisotopic (exact) mass is 205 g/mol. The van der Waals surface area contributed by atoms with E-state index in [1.807, 2.05) is 38.4 Å². The number of cyclic esters (lactones) is 1. The number of carbonyl (C=O) groups is 1. The van der Waals surface area contributed by atoms with Crippen LogP contribution in [0.4, 0.5) is 0 Å². The van der Waals surface area contributed by atoms with E-state index in [4.69, 9.17) is 4.74 Å². The summed E-state index contributed by atoms with van der Waals surface area (Å²) in [6.07, 6.45) is 0.798. The number of hydrogen-bond acceptors (Lipinski definition) is 3. The van der Waals surface area contributed by atoms with Crippen LogP contribution in [0.15, 0.2) is 24.3 Å². The van der Waals surface area contributed by atoms with Gasteiger partial charge in [-0.3, -0.25) is 0 Å². The average Bonchev–Trinajstić information content (AvgIpc) is 2.54. The van der Waals surface area contributed by atoms with E-state index in [1.165, 1.54) is 0 Å². The summed E-state index contributed by atoms with van der Waals surface area (Å²) in [5.41, 5.74) is 1.76. The lowest BCUT2D eigenvalue weighted by Gasteiger charge is -2.14. The van der Waals surface area contributed by atoms with Crippen molar-refractivity contribution in [1.29, 1.82) is 0 Å². The number of hydrogen-bond donors (Lipinski definition) is 0. The normalized spacial score (nSPS) is 19.1. The molecule has 0 saturated carbocycles. The molecule has 0 radical (unpaired) electrons. The fourth-order valence-electron chi connectivity index (χ4n) is 1.81. The molecule has 0 amide bonds. The predicted octanol–water partition coefficient (Wildman–Crippen LogP) is 1.85. The van der Waals surface area contributed by atoms with E-state index in [1.54, 1.807) is 0 Å². The van der Waals surface area contributed by atoms with Gasteiger partial charge in [0.05, 0.1) is 5.56 Å². The van der Waals surface area contributed by atoms with Gasteiger partial charge in [0.25, 0.3) is 0 Å². The first-order valence-corrected chi connectivity index (χ1v) is 5.13. The van der Waals surface area contributed by atoms with Crippen LogP contribution in [-0.2, 0) is 4.74 Å². The number of nitrogens with zero attached hydrogens (tertiary/aromatic N) is 1. The number of carbonyl (C=O) groups excluding carboxylic acids is 1. The molecule has 1 atom stereocenters. The first kappa shape index (κ1) is 10.2. The lowest BCUT2D eigenvalue weighted by molar-refractivity contribution is 0.0355. The summed E-state index contributed by atoms with van der Waals surface area (Å²) < 4.78 is 5.32. The molecule has 0 fully saturated rings. The molecule has 2 rings (SSSR count). The van der Waals surface area contributed by atoms with Gasteiger partial charge in [-0.1, -0.05) is 18.2 Å². The molecule has 1 aliphatic heterocycles. The van der Waals surface area contributed by atoms with E-state index >= 15 is 0 Å². The molecule has 0 N–H and O–H groups in total. The van der Waals surface area contributed by atoms with Crippen molar-refractivity contribution in [1.82, 2.24) is 4.90 Å². The Morgan fingerprint density at radius 3 is 2.80 bits per heavy atom. The summed E-state index contributed by atoms with van der Waals surface area (Å²) >= 11 is 0. The minimum Gasteiger partial charge on any atom is -0.454 e. The smallest absolute Gasteiger partial charge is 0.339 e. The summed E-state index contributed by atoms with van der Waals surface area (Å²) in [6.45, 7) is 0.923. The molecular formula is C12H15NO2. The highest BCUT2D eigenvalue weighted by Crippen LogP contribution is 2.32. The quantitative estimate of drug-likeness (QED) is 0.705. The molecule has 3 heteroatoms. The second-order valence-electron chi connectivity index (χ2n) is 4.07. The van der Waals surface area contributed by atoms with Gasteiger partial charge >= 0.3 is 5.97 Å². The van der Waals surface area contributed by atoms with Crippen LogP contribution in [0.25, 0.3) is 0 Å². The van der Waals surface area contributed by atoms with Gasteiger partial charge in [0.15, 0.2) is 0 Å². The average molecular weight is 205 g/mol. The van der Waals surface area contributed by atoms with Crippen molar-refractivity contribution in [3.05, 3.63) is 35.4 Å². The summed E-state index contributed by atoms with van der Waals surface area (Å²) in [5, 5.41) is 0. The van der Waals surface area contributed by atoms with E-state index < -0.39 is 0 Å². The largest absolute Gasteiger partial charge is 0.454 e. The van der Waals surface area contributed by atoms with Gasteiger partial charge in [-0.05, 0) is 20.2 Å². The Hall–Kier alpha value is -1.35. The maximum Gasteiger partial charge on any atom is 0.339 e. The van der Waals surface area contributed by atoms with E-state index in [2.05, 4.69) is 4.90 Å². The molecule has 0 spiro atoms. The van der Waals surface area contributed by atoms with Crippen LogP contribution in [0.3, 0.4) is 0 Å². The Bertz CT molecular complexity index is 374. The molecule has 1 unspecified atom stereocenters. The van der Waals surface area contributed by atoms with E-state index in [0.29, 0.717) is 0 Å². The molecular weight excluding hydrogens is 190 g/mol. The fourth-order valence-corrected chi connectivity index (χ4v) is 1.81. The second kappa shape index (κ2) is 4.03. The highest BCUT2D eigenvalue weighted by Gasteiger charge is 2.29. The van der Waals surface area contributed by atoms with Crippen LogP contribution in [0, 0.1) is 0 Å². The maximum absolute atomic E-state index is 11.5. The van der Waals surface area contributed by atoms with E-state index in [-0.39, 0.29) is 12.1 Å². The molecule has 1 aromatic carbocycles. The van der Waals surface area contributed by atoms with Gasteiger partial charge in [-0.25, -0.2) is 4.79 Å². The van der Waals surface area contributed by atoms with Gasteiger partial charge in [-0.15, -0.1) is 0 Å². The first-order chi connectivity index (χ1) is 7.18. The second-order valence-corrected chi connectivity index (χ2v) is 4.07. The molecule has 0 aliphatic carbocycles. The van der Waals surface area contributed by atoms with Crippen LogP contribution in [0.2, 0.25) is 0 Å². The SMILES string of the molecule is CN(C)CCC1OC(=O)c2ccccc21. The zero-order chi connectivity index (χ0) is 10.8. The van der Waals surface area contributed by atoms with Crippen LogP contribution in [0.5, 0.6) is 0 Å². The van der Waals surface area contributed by atoms with Crippen molar-refractivity contribution in [3.8, 4) is 0 Å². The van der Waals surface area contributed by atoms with E-state index in [0.717, 1.165) is 24.1 Å². The van der Waals surface area contributed by atoms with Crippen molar-refractivity contribution in [2.24, 2.45) is 0 Å². The molecule has 0 bridgehead atoms. The Morgan fingerprint density at radius 1 is 1.33 bits per heavy atom. The van der Waals surface area contributed by atoms with Crippen molar-refractivity contribution in [2.75, 3.05) is 20.6 Å². The van der Waals surface area contributed by atoms with Crippen molar-refractivity contribution in [3.63, 3.8) is 0 Å². The lowest BCUT2D eigenvalue weighted by atomic mass is 10.0. The van der Waals surface area contributed by atoms with Crippen molar-refractivity contribution < 1.29 is 9.53 Å². The van der Waals surface area contributed by atoms with Gasteiger partial charge in [-0.2, -0.15) is 0 Å². The highest BCUT2D eigenvalue weighted by molar-refractivity contribution is 5.93. The third-order valence-corrected chi connectivity index (χ3v) is 2.62. The van der Waals surface area contributed by atoms with Crippen molar-refractivity contribution >= 4 is 5.97 Å². The van der Waals surface area contributed by atoms with Gasteiger partial charge in [0, 0.05) is 18.5 Å². The van der Waals surface area contributed by atoms with Gasteiger partial charge in [0.2, 0.25) is 0 Å². The molecule has 1 aromatic rings. The molecule has 0 saturated heterocycles.